The molecule has 0 unspecified atom stereocenters. The van der Waals surface area contributed by atoms with Gasteiger partial charge in [-0.2, -0.15) is 9.49 Å². The summed E-state index contributed by atoms with van der Waals surface area (Å²) >= 11 is 0. The topological polar surface area (TPSA) is 70.7 Å². The third kappa shape index (κ3) is 2.66. The predicted octanol–water partition coefficient (Wildman–Crippen LogP) is 1.18. The molecule has 0 fully saturated rings. The van der Waals surface area contributed by atoms with Gasteiger partial charge in [0.25, 0.3) is 5.91 Å². The number of nitrogens with one attached hydrogen (secondary N) is 2. The Kier molecular flexibility index (Phi) is 3.13. The first-order valence-corrected chi connectivity index (χ1v) is 5.06. The quantitative estimate of drug-likeness (QED) is 0.783. The van der Waals surface area contributed by atoms with E-state index in [1.165, 1.54) is 18.2 Å². The Labute approximate surface area is 97.1 Å². The number of pyridine rings is 1. The van der Waals surface area contributed by atoms with Crippen molar-refractivity contribution in [2.45, 2.75) is 13.5 Å². The summed E-state index contributed by atoms with van der Waals surface area (Å²) in [6.07, 6.45) is 1.63. The maximum absolute atomic E-state index is 12.8. The molecule has 2 N–H and O–H groups in total. The fraction of sp³-hybridized carbons (Fsp3) is 0.182. The monoisotopic (exact) mass is 234 g/mol. The van der Waals surface area contributed by atoms with Gasteiger partial charge in [-0.3, -0.25) is 9.89 Å². The Morgan fingerprint density at radius 2 is 2.35 bits per heavy atom. The molecule has 5 nitrogen and oxygen atoms in total. The first-order valence-electron chi connectivity index (χ1n) is 5.06. The smallest absolute Gasteiger partial charge is 0.270 e. The van der Waals surface area contributed by atoms with E-state index in [2.05, 4.69) is 20.5 Å². The lowest BCUT2D eigenvalue weighted by Crippen LogP contribution is -2.24. The fourth-order valence-corrected chi connectivity index (χ4v) is 1.35. The molecule has 0 aliphatic heterocycles. The zero-order chi connectivity index (χ0) is 12.3. The molecular formula is C11H11FN4O. The Morgan fingerprint density at radius 3 is 3.00 bits per heavy atom. The summed E-state index contributed by atoms with van der Waals surface area (Å²) in [7, 11) is 0. The second kappa shape index (κ2) is 4.73. The van der Waals surface area contributed by atoms with Crippen LogP contribution in [0.4, 0.5) is 4.39 Å². The molecule has 2 aromatic rings. The van der Waals surface area contributed by atoms with Crippen molar-refractivity contribution in [3.05, 3.63) is 47.3 Å². The first kappa shape index (κ1) is 11.3. The largest absolute Gasteiger partial charge is 0.346 e. The molecule has 1 amide bonds. The van der Waals surface area contributed by atoms with Crippen molar-refractivity contribution in [2.24, 2.45) is 0 Å². The van der Waals surface area contributed by atoms with Crippen LogP contribution in [0.3, 0.4) is 0 Å². The molecule has 2 rings (SSSR count). The van der Waals surface area contributed by atoms with Gasteiger partial charge in [0.1, 0.15) is 5.69 Å². The summed E-state index contributed by atoms with van der Waals surface area (Å²) in [5, 5.41) is 9.24. The maximum atomic E-state index is 12.8. The number of rotatable bonds is 3. The van der Waals surface area contributed by atoms with E-state index in [0.717, 1.165) is 11.3 Å². The zero-order valence-electron chi connectivity index (χ0n) is 9.20. The minimum atomic E-state index is -0.669. The number of nitrogens with zero attached hydrogens (tertiary/aromatic N) is 2. The van der Waals surface area contributed by atoms with Gasteiger partial charge in [-0.1, -0.05) is 6.07 Å². The van der Waals surface area contributed by atoms with E-state index in [1.54, 1.807) is 6.20 Å². The van der Waals surface area contributed by atoms with E-state index in [9.17, 15) is 9.18 Å². The number of carbonyl (C=O) groups excluding carboxylic acids is 1. The average Bonchev–Trinajstić information content (AvgIpc) is 2.72. The molecule has 88 valence electrons. The van der Waals surface area contributed by atoms with Gasteiger partial charge in [-0.15, -0.1) is 0 Å². The van der Waals surface area contributed by atoms with Crippen LogP contribution >= 0.6 is 0 Å². The highest BCUT2D eigenvalue weighted by molar-refractivity contribution is 5.92. The van der Waals surface area contributed by atoms with Crippen molar-refractivity contribution in [2.75, 3.05) is 0 Å². The molecule has 17 heavy (non-hydrogen) atoms. The number of hydrogen-bond acceptors (Lipinski definition) is 3. The van der Waals surface area contributed by atoms with Crippen molar-refractivity contribution < 1.29 is 9.18 Å². The highest BCUT2D eigenvalue weighted by Crippen LogP contribution is 2.03. The van der Waals surface area contributed by atoms with E-state index in [4.69, 9.17) is 0 Å². The number of aromatic nitrogens is 3. The number of H-pyrrole nitrogens is 1. The first-order chi connectivity index (χ1) is 8.16. The number of amides is 1. The van der Waals surface area contributed by atoms with Gasteiger partial charge in [0.15, 0.2) is 0 Å². The van der Waals surface area contributed by atoms with Gasteiger partial charge < -0.3 is 5.32 Å². The van der Waals surface area contributed by atoms with Crippen molar-refractivity contribution in [1.29, 1.82) is 0 Å². The number of aryl methyl sites for hydroxylation is 1. The summed E-state index contributed by atoms with van der Waals surface area (Å²) in [4.78, 5) is 15.1. The van der Waals surface area contributed by atoms with E-state index >= 15 is 0 Å². The highest BCUT2D eigenvalue weighted by Gasteiger charge is 2.08. The molecule has 2 aromatic heterocycles. The van der Waals surface area contributed by atoms with E-state index in [0.29, 0.717) is 6.54 Å². The molecule has 6 heteroatoms. The second-order valence-electron chi connectivity index (χ2n) is 3.55. The van der Waals surface area contributed by atoms with Gasteiger partial charge >= 0.3 is 0 Å². The van der Waals surface area contributed by atoms with Gasteiger partial charge in [0, 0.05) is 17.8 Å². The highest BCUT2D eigenvalue weighted by atomic mass is 19.1. The summed E-state index contributed by atoms with van der Waals surface area (Å²) in [5.41, 5.74) is 1.83. The van der Waals surface area contributed by atoms with Crippen LogP contribution in [0, 0.1) is 12.9 Å². The average molecular weight is 234 g/mol. The summed E-state index contributed by atoms with van der Waals surface area (Å²) in [6, 6.07) is 4.10. The van der Waals surface area contributed by atoms with E-state index < -0.39 is 11.9 Å². The molecule has 0 aromatic carbocycles. The predicted molar refractivity (Wildman–Crippen MR) is 58.7 cm³/mol. The number of halogens is 1. The molecule has 0 spiro atoms. The van der Waals surface area contributed by atoms with Crippen molar-refractivity contribution in [3.63, 3.8) is 0 Å². The number of aromatic amines is 1. The lowest BCUT2D eigenvalue weighted by molar-refractivity contribution is 0.0944. The Hall–Kier alpha value is -2.24. The Bertz CT molecular complexity index is 538. The number of hydrogen-bond donors (Lipinski definition) is 2. The molecule has 2 heterocycles. The Balaban J connectivity index is 2.01. The van der Waals surface area contributed by atoms with Crippen LogP contribution in [0.15, 0.2) is 24.4 Å². The fourth-order valence-electron chi connectivity index (χ4n) is 1.35. The Morgan fingerprint density at radius 1 is 1.53 bits per heavy atom. The van der Waals surface area contributed by atoms with Crippen LogP contribution < -0.4 is 5.32 Å². The summed E-state index contributed by atoms with van der Waals surface area (Å²) in [5.74, 6) is -1.08. The molecule has 0 aliphatic rings. The summed E-state index contributed by atoms with van der Waals surface area (Å²) < 4.78 is 12.8. The van der Waals surface area contributed by atoms with E-state index in [1.807, 2.05) is 6.92 Å². The van der Waals surface area contributed by atoms with Crippen LogP contribution in [-0.2, 0) is 6.54 Å². The van der Waals surface area contributed by atoms with Crippen LogP contribution in [-0.4, -0.2) is 21.1 Å². The maximum Gasteiger partial charge on any atom is 0.270 e. The van der Waals surface area contributed by atoms with Gasteiger partial charge in [-0.05, 0) is 19.1 Å². The minimum absolute atomic E-state index is 0.0612. The SMILES string of the molecule is Cc1[nH]ncc1CNC(=O)c1cccc(F)n1. The van der Waals surface area contributed by atoms with Crippen LogP contribution in [0.5, 0.6) is 0 Å². The van der Waals surface area contributed by atoms with Crippen LogP contribution in [0.2, 0.25) is 0 Å². The molecule has 0 atom stereocenters. The second-order valence-corrected chi connectivity index (χ2v) is 3.55. The third-order valence-corrected chi connectivity index (χ3v) is 2.32. The molecular weight excluding hydrogens is 223 g/mol. The third-order valence-electron chi connectivity index (χ3n) is 2.32. The molecule has 0 saturated heterocycles. The minimum Gasteiger partial charge on any atom is -0.346 e. The van der Waals surface area contributed by atoms with Crippen LogP contribution in [0.1, 0.15) is 21.7 Å². The number of carbonyl (C=O) groups is 1. The van der Waals surface area contributed by atoms with Crippen LogP contribution in [0.25, 0.3) is 0 Å². The molecule has 0 aliphatic carbocycles. The van der Waals surface area contributed by atoms with Gasteiger partial charge in [0.05, 0.1) is 6.20 Å². The molecule has 0 radical (unpaired) electrons. The molecule has 0 bridgehead atoms. The van der Waals surface area contributed by atoms with E-state index in [-0.39, 0.29) is 5.69 Å². The zero-order valence-corrected chi connectivity index (χ0v) is 9.20. The molecule has 0 saturated carbocycles. The normalized spacial score (nSPS) is 10.2. The summed E-state index contributed by atoms with van der Waals surface area (Å²) in [6.45, 7) is 2.19. The lowest BCUT2D eigenvalue weighted by Gasteiger charge is -2.03. The van der Waals surface area contributed by atoms with Gasteiger partial charge in [0.2, 0.25) is 5.95 Å². The lowest BCUT2D eigenvalue weighted by atomic mass is 10.2. The van der Waals surface area contributed by atoms with Crippen molar-refractivity contribution >= 4 is 5.91 Å². The standard InChI is InChI=1S/C11H11FN4O/c1-7-8(6-14-16-7)5-13-11(17)9-3-2-4-10(12)15-9/h2-4,6H,5H2,1H3,(H,13,17)(H,14,16). The van der Waals surface area contributed by atoms with Crippen molar-refractivity contribution in [3.8, 4) is 0 Å². The van der Waals surface area contributed by atoms with Crippen molar-refractivity contribution in [1.82, 2.24) is 20.5 Å². The van der Waals surface area contributed by atoms with Gasteiger partial charge in [-0.25, -0.2) is 4.98 Å².